The predicted octanol–water partition coefficient (Wildman–Crippen LogP) is 3.22. The Kier molecular flexibility index (Phi) is 3.35. The van der Waals surface area contributed by atoms with Crippen LogP contribution < -0.4 is 0 Å². The molecule has 0 saturated carbocycles. The summed E-state index contributed by atoms with van der Waals surface area (Å²) >= 11 is 1.43. The summed E-state index contributed by atoms with van der Waals surface area (Å²) in [7, 11) is 0. The standard InChI is InChI=1S/C13H11NO2S/c1-9-3-2-4-10(7-9)11-8-17-12(14-11)5-6-13(15)16/h2-8H,1H3,(H,15,16)/b6-5+. The van der Waals surface area contributed by atoms with Crippen LogP contribution in [-0.2, 0) is 4.79 Å². The van der Waals surface area contributed by atoms with Gasteiger partial charge in [0.1, 0.15) is 5.01 Å². The van der Waals surface area contributed by atoms with Gasteiger partial charge in [-0.25, -0.2) is 9.78 Å². The van der Waals surface area contributed by atoms with E-state index in [0.29, 0.717) is 5.01 Å². The third-order valence-corrected chi connectivity index (χ3v) is 3.01. The quantitative estimate of drug-likeness (QED) is 0.845. The Hall–Kier alpha value is -1.94. The second kappa shape index (κ2) is 4.93. The molecule has 0 spiro atoms. The average molecular weight is 245 g/mol. The van der Waals surface area contributed by atoms with Crippen LogP contribution in [0.2, 0.25) is 0 Å². The van der Waals surface area contributed by atoms with E-state index in [-0.39, 0.29) is 0 Å². The Balaban J connectivity index is 2.27. The average Bonchev–Trinajstić information content (AvgIpc) is 2.75. The van der Waals surface area contributed by atoms with Crippen molar-refractivity contribution >= 4 is 23.4 Å². The molecular weight excluding hydrogens is 234 g/mol. The molecule has 2 aromatic rings. The fourth-order valence-corrected chi connectivity index (χ4v) is 2.16. The van der Waals surface area contributed by atoms with E-state index in [2.05, 4.69) is 11.1 Å². The van der Waals surface area contributed by atoms with Gasteiger partial charge in [0.15, 0.2) is 0 Å². The van der Waals surface area contributed by atoms with Crippen molar-refractivity contribution in [1.29, 1.82) is 0 Å². The van der Waals surface area contributed by atoms with E-state index >= 15 is 0 Å². The van der Waals surface area contributed by atoms with E-state index in [9.17, 15) is 4.79 Å². The first-order valence-electron chi connectivity index (χ1n) is 5.09. The van der Waals surface area contributed by atoms with Crippen LogP contribution >= 0.6 is 11.3 Å². The number of aliphatic carboxylic acids is 1. The minimum absolute atomic E-state index is 0.698. The summed E-state index contributed by atoms with van der Waals surface area (Å²) in [6, 6.07) is 8.06. The molecule has 0 aliphatic rings. The summed E-state index contributed by atoms with van der Waals surface area (Å²) in [6.45, 7) is 2.03. The van der Waals surface area contributed by atoms with E-state index in [4.69, 9.17) is 5.11 Å². The number of carboxylic acid groups (broad SMARTS) is 1. The number of benzene rings is 1. The maximum atomic E-state index is 10.4. The number of aromatic nitrogens is 1. The number of thiazole rings is 1. The number of hydrogen-bond donors (Lipinski definition) is 1. The molecule has 3 nitrogen and oxygen atoms in total. The number of hydrogen-bond acceptors (Lipinski definition) is 3. The molecular formula is C13H11NO2S. The lowest BCUT2D eigenvalue weighted by Crippen LogP contribution is -1.85. The van der Waals surface area contributed by atoms with Crippen molar-refractivity contribution in [3.05, 3.63) is 46.3 Å². The Morgan fingerprint density at radius 2 is 2.29 bits per heavy atom. The zero-order chi connectivity index (χ0) is 12.3. The second-order valence-corrected chi connectivity index (χ2v) is 4.50. The highest BCUT2D eigenvalue weighted by atomic mass is 32.1. The van der Waals surface area contributed by atoms with Gasteiger partial charge in [-0.15, -0.1) is 11.3 Å². The van der Waals surface area contributed by atoms with E-state index in [1.807, 2.05) is 30.5 Å². The molecule has 0 fully saturated rings. The third-order valence-electron chi connectivity index (χ3n) is 2.20. The maximum absolute atomic E-state index is 10.4. The summed E-state index contributed by atoms with van der Waals surface area (Å²) in [6.07, 6.45) is 2.60. The van der Waals surface area contributed by atoms with Crippen LogP contribution in [0, 0.1) is 6.92 Å². The molecule has 0 radical (unpaired) electrons. The van der Waals surface area contributed by atoms with Crippen LogP contribution in [0.25, 0.3) is 17.3 Å². The van der Waals surface area contributed by atoms with Gasteiger partial charge in [-0.3, -0.25) is 0 Å². The Labute approximate surface area is 103 Å². The minimum atomic E-state index is -0.961. The van der Waals surface area contributed by atoms with Crippen molar-refractivity contribution in [1.82, 2.24) is 4.98 Å². The fourth-order valence-electron chi connectivity index (χ4n) is 1.44. The van der Waals surface area contributed by atoms with Gasteiger partial charge in [-0.1, -0.05) is 23.8 Å². The molecule has 2 rings (SSSR count). The van der Waals surface area contributed by atoms with Crippen LogP contribution in [0.4, 0.5) is 0 Å². The second-order valence-electron chi connectivity index (χ2n) is 3.61. The maximum Gasteiger partial charge on any atom is 0.328 e. The Morgan fingerprint density at radius 3 is 3.00 bits per heavy atom. The lowest BCUT2D eigenvalue weighted by atomic mass is 10.1. The smallest absolute Gasteiger partial charge is 0.328 e. The summed E-state index contributed by atoms with van der Waals surface area (Å²) < 4.78 is 0. The first-order chi connectivity index (χ1) is 8.15. The zero-order valence-electron chi connectivity index (χ0n) is 9.25. The lowest BCUT2D eigenvalue weighted by molar-refractivity contribution is -0.131. The first kappa shape index (κ1) is 11.5. The fraction of sp³-hybridized carbons (Fsp3) is 0.0769. The summed E-state index contributed by atoms with van der Waals surface area (Å²) in [5, 5.41) is 11.2. The van der Waals surface area contributed by atoms with E-state index in [0.717, 1.165) is 17.3 Å². The van der Waals surface area contributed by atoms with Crippen LogP contribution in [0.1, 0.15) is 10.6 Å². The van der Waals surface area contributed by atoms with Gasteiger partial charge in [0.2, 0.25) is 0 Å². The zero-order valence-corrected chi connectivity index (χ0v) is 10.1. The van der Waals surface area contributed by atoms with Crippen molar-refractivity contribution in [3.8, 4) is 11.3 Å². The number of carboxylic acids is 1. The van der Waals surface area contributed by atoms with Crippen LogP contribution in [0.3, 0.4) is 0 Å². The molecule has 0 saturated heterocycles. The highest BCUT2D eigenvalue weighted by Crippen LogP contribution is 2.23. The summed E-state index contributed by atoms with van der Waals surface area (Å²) in [5.41, 5.74) is 3.11. The van der Waals surface area contributed by atoms with Gasteiger partial charge in [-0.2, -0.15) is 0 Å². The van der Waals surface area contributed by atoms with Gasteiger partial charge in [0.25, 0.3) is 0 Å². The molecule has 86 valence electrons. The molecule has 1 heterocycles. The molecule has 1 N–H and O–H groups in total. The Morgan fingerprint density at radius 1 is 1.47 bits per heavy atom. The molecule has 0 atom stereocenters. The van der Waals surface area contributed by atoms with Crippen molar-refractivity contribution in [2.75, 3.05) is 0 Å². The minimum Gasteiger partial charge on any atom is -0.478 e. The molecule has 4 heteroatoms. The van der Waals surface area contributed by atoms with Gasteiger partial charge < -0.3 is 5.11 Å². The SMILES string of the molecule is Cc1cccc(-c2csc(/C=C/C(=O)O)n2)c1. The molecule has 0 aliphatic heterocycles. The molecule has 1 aromatic heterocycles. The normalized spacial score (nSPS) is 10.9. The lowest BCUT2D eigenvalue weighted by Gasteiger charge is -1.97. The number of aryl methyl sites for hydroxylation is 1. The largest absolute Gasteiger partial charge is 0.478 e. The van der Waals surface area contributed by atoms with Gasteiger partial charge >= 0.3 is 5.97 Å². The molecule has 17 heavy (non-hydrogen) atoms. The van der Waals surface area contributed by atoms with E-state index in [1.165, 1.54) is 23.0 Å². The van der Waals surface area contributed by atoms with Gasteiger partial charge in [0.05, 0.1) is 5.69 Å². The van der Waals surface area contributed by atoms with E-state index in [1.54, 1.807) is 0 Å². The van der Waals surface area contributed by atoms with Gasteiger partial charge in [0, 0.05) is 17.0 Å². The molecule has 0 amide bonds. The van der Waals surface area contributed by atoms with Gasteiger partial charge in [-0.05, 0) is 19.1 Å². The molecule has 1 aromatic carbocycles. The van der Waals surface area contributed by atoms with Crippen molar-refractivity contribution in [2.45, 2.75) is 6.92 Å². The number of carbonyl (C=O) groups is 1. The highest BCUT2D eigenvalue weighted by Gasteiger charge is 2.02. The number of nitrogens with zero attached hydrogens (tertiary/aromatic N) is 1. The van der Waals surface area contributed by atoms with Crippen molar-refractivity contribution in [3.63, 3.8) is 0 Å². The molecule has 0 aliphatic carbocycles. The van der Waals surface area contributed by atoms with Crippen molar-refractivity contribution < 1.29 is 9.90 Å². The van der Waals surface area contributed by atoms with E-state index < -0.39 is 5.97 Å². The highest BCUT2D eigenvalue weighted by molar-refractivity contribution is 7.10. The molecule has 0 unspecified atom stereocenters. The molecule has 0 bridgehead atoms. The van der Waals surface area contributed by atoms with Crippen molar-refractivity contribution in [2.24, 2.45) is 0 Å². The topological polar surface area (TPSA) is 50.2 Å². The summed E-state index contributed by atoms with van der Waals surface area (Å²) in [5.74, 6) is -0.961. The Bertz CT molecular complexity index is 572. The number of rotatable bonds is 3. The summed E-state index contributed by atoms with van der Waals surface area (Å²) in [4.78, 5) is 14.7. The van der Waals surface area contributed by atoms with Crippen LogP contribution in [-0.4, -0.2) is 16.1 Å². The van der Waals surface area contributed by atoms with Crippen LogP contribution in [0.5, 0.6) is 0 Å². The first-order valence-corrected chi connectivity index (χ1v) is 5.97. The third kappa shape index (κ3) is 3.01. The van der Waals surface area contributed by atoms with Crippen LogP contribution in [0.15, 0.2) is 35.7 Å². The predicted molar refractivity (Wildman–Crippen MR) is 69.0 cm³/mol. The monoisotopic (exact) mass is 245 g/mol.